The number of nitrogens with two attached hydrogens (primary N) is 1. The SMILES string of the molecule is NCC(c1ccc(Cl)s1)N1CCCCCCC1. The average Bonchev–Trinajstić information content (AvgIpc) is 2.68. The fourth-order valence-electron chi connectivity index (χ4n) is 2.54. The minimum atomic E-state index is 0.366. The van der Waals surface area contributed by atoms with Crippen molar-refractivity contribution >= 4 is 22.9 Å². The van der Waals surface area contributed by atoms with Gasteiger partial charge in [-0.25, -0.2) is 0 Å². The molecule has 2 heterocycles. The van der Waals surface area contributed by atoms with Crippen LogP contribution in [0.1, 0.15) is 43.0 Å². The van der Waals surface area contributed by atoms with Crippen LogP contribution in [0, 0.1) is 0 Å². The third-order valence-electron chi connectivity index (χ3n) is 3.48. The Bertz CT molecular complexity index is 332. The second kappa shape index (κ2) is 6.74. The molecule has 1 aliphatic heterocycles. The van der Waals surface area contributed by atoms with Crippen molar-refractivity contribution in [2.45, 2.75) is 38.1 Å². The summed E-state index contributed by atoms with van der Waals surface area (Å²) in [6.45, 7) is 3.05. The van der Waals surface area contributed by atoms with Gasteiger partial charge >= 0.3 is 0 Å². The molecule has 1 atom stereocenters. The van der Waals surface area contributed by atoms with Crippen molar-refractivity contribution in [1.29, 1.82) is 0 Å². The molecule has 17 heavy (non-hydrogen) atoms. The summed E-state index contributed by atoms with van der Waals surface area (Å²) in [6, 6.07) is 4.47. The quantitative estimate of drug-likeness (QED) is 0.910. The third-order valence-corrected chi connectivity index (χ3v) is 4.81. The van der Waals surface area contributed by atoms with Crippen molar-refractivity contribution in [3.8, 4) is 0 Å². The first-order chi connectivity index (χ1) is 8.31. The molecule has 4 heteroatoms. The average molecular weight is 273 g/mol. The molecule has 0 saturated carbocycles. The lowest BCUT2D eigenvalue weighted by Gasteiger charge is -2.31. The second-order valence-corrected chi connectivity index (χ2v) is 6.44. The highest BCUT2D eigenvalue weighted by Gasteiger charge is 2.20. The molecule has 2 rings (SSSR count). The minimum absolute atomic E-state index is 0.366. The van der Waals surface area contributed by atoms with Gasteiger partial charge in [-0.15, -0.1) is 11.3 Å². The molecule has 1 aromatic rings. The Morgan fingerprint density at radius 1 is 1.18 bits per heavy atom. The summed E-state index contributed by atoms with van der Waals surface area (Å²) in [4.78, 5) is 3.86. The van der Waals surface area contributed by atoms with Gasteiger partial charge in [-0.2, -0.15) is 0 Å². The van der Waals surface area contributed by atoms with E-state index >= 15 is 0 Å². The van der Waals surface area contributed by atoms with Crippen LogP contribution in [0.3, 0.4) is 0 Å². The summed E-state index contributed by atoms with van der Waals surface area (Å²) < 4.78 is 0.866. The summed E-state index contributed by atoms with van der Waals surface area (Å²) in [5.74, 6) is 0. The monoisotopic (exact) mass is 272 g/mol. The Kier molecular flexibility index (Phi) is 5.29. The van der Waals surface area contributed by atoms with Crippen LogP contribution in [0.25, 0.3) is 0 Å². The summed E-state index contributed by atoms with van der Waals surface area (Å²) in [6.07, 6.45) is 6.72. The van der Waals surface area contributed by atoms with Crippen LogP contribution in [-0.2, 0) is 0 Å². The van der Waals surface area contributed by atoms with Crippen LogP contribution in [0.2, 0.25) is 4.34 Å². The Hall–Kier alpha value is -0.0900. The first kappa shape index (κ1) is 13.3. The molecule has 2 N–H and O–H groups in total. The van der Waals surface area contributed by atoms with Gasteiger partial charge in [0.05, 0.1) is 10.4 Å². The van der Waals surface area contributed by atoms with Crippen molar-refractivity contribution in [3.63, 3.8) is 0 Å². The zero-order valence-corrected chi connectivity index (χ0v) is 11.8. The van der Waals surface area contributed by atoms with E-state index in [1.54, 1.807) is 11.3 Å². The standard InChI is InChI=1S/C13H21ClN2S/c14-13-7-6-12(17-13)11(10-15)16-8-4-2-1-3-5-9-16/h6-7,11H,1-5,8-10,15H2. The summed E-state index contributed by atoms with van der Waals surface area (Å²) in [5.41, 5.74) is 5.96. The lowest BCUT2D eigenvalue weighted by Crippen LogP contribution is -2.35. The normalized spacial score (nSPS) is 20.8. The lowest BCUT2D eigenvalue weighted by molar-refractivity contribution is 0.186. The number of nitrogens with zero attached hydrogens (tertiary/aromatic N) is 1. The fourth-order valence-corrected chi connectivity index (χ4v) is 3.75. The van der Waals surface area contributed by atoms with Crippen molar-refractivity contribution in [2.75, 3.05) is 19.6 Å². The highest BCUT2D eigenvalue weighted by molar-refractivity contribution is 7.16. The van der Waals surface area contributed by atoms with Crippen molar-refractivity contribution in [3.05, 3.63) is 21.3 Å². The van der Waals surface area contributed by atoms with E-state index < -0.39 is 0 Å². The molecular formula is C13H21ClN2S. The molecule has 96 valence electrons. The molecule has 1 aliphatic rings. The molecule has 0 spiro atoms. The van der Waals surface area contributed by atoms with E-state index in [0.29, 0.717) is 12.6 Å². The maximum absolute atomic E-state index is 6.02. The first-order valence-corrected chi connectivity index (χ1v) is 7.70. The topological polar surface area (TPSA) is 29.3 Å². The highest BCUT2D eigenvalue weighted by atomic mass is 35.5. The summed E-state index contributed by atoms with van der Waals surface area (Å²) in [5, 5.41) is 0. The van der Waals surface area contributed by atoms with Crippen LogP contribution < -0.4 is 5.73 Å². The summed E-state index contributed by atoms with van der Waals surface area (Å²) >= 11 is 7.69. The van der Waals surface area contributed by atoms with Crippen molar-refractivity contribution in [2.24, 2.45) is 5.73 Å². The lowest BCUT2D eigenvalue weighted by atomic mass is 10.1. The zero-order valence-electron chi connectivity index (χ0n) is 10.2. The molecule has 1 fully saturated rings. The van der Waals surface area contributed by atoms with Gasteiger partial charge in [0, 0.05) is 11.4 Å². The van der Waals surface area contributed by atoms with Gasteiger partial charge in [-0.1, -0.05) is 30.9 Å². The van der Waals surface area contributed by atoms with E-state index in [2.05, 4.69) is 11.0 Å². The van der Waals surface area contributed by atoms with E-state index in [4.69, 9.17) is 17.3 Å². The van der Waals surface area contributed by atoms with Gasteiger partial charge < -0.3 is 5.73 Å². The largest absolute Gasteiger partial charge is 0.329 e. The van der Waals surface area contributed by atoms with Gasteiger partial charge in [0.15, 0.2) is 0 Å². The number of rotatable bonds is 3. The van der Waals surface area contributed by atoms with Crippen LogP contribution in [0.15, 0.2) is 12.1 Å². The predicted octanol–water partition coefficient (Wildman–Crippen LogP) is 3.67. The van der Waals surface area contributed by atoms with Gasteiger partial charge in [-0.3, -0.25) is 4.90 Å². The number of likely N-dealkylation sites (tertiary alicyclic amines) is 1. The smallest absolute Gasteiger partial charge is 0.0931 e. The van der Waals surface area contributed by atoms with E-state index in [9.17, 15) is 0 Å². The molecule has 1 unspecified atom stereocenters. The molecule has 0 radical (unpaired) electrons. The molecule has 2 nitrogen and oxygen atoms in total. The number of hydrogen-bond donors (Lipinski definition) is 1. The molecular weight excluding hydrogens is 252 g/mol. The van der Waals surface area contributed by atoms with E-state index in [0.717, 1.165) is 4.34 Å². The Morgan fingerprint density at radius 2 is 1.82 bits per heavy atom. The van der Waals surface area contributed by atoms with E-state index in [1.807, 2.05) is 6.07 Å². The van der Waals surface area contributed by atoms with Crippen LogP contribution in [-0.4, -0.2) is 24.5 Å². The van der Waals surface area contributed by atoms with Crippen LogP contribution >= 0.6 is 22.9 Å². The second-order valence-electron chi connectivity index (χ2n) is 4.70. The number of thiophene rings is 1. The number of hydrogen-bond acceptors (Lipinski definition) is 3. The van der Waals surface area contributed by atoms with Gasteiger partial charge in [0.25, 0.3) is 0 Å². The molecule has 0 bridgehead atoms. The molecule has 0 aliphatic carbocycles. The van der Waals surface area contributed by atoms with Gasteiger partial charge in [0.1, 0.15) is 0 Å². The Morgan fingerprint density at radius 3 is 2.35 bits per heavy atom. The zero-order chi connectivity index (χ0) is 12.1. The van der Waals surface area contributed by atoms with Gasteiger partial charge in [-0.05, 0) is 38.1 Å². The summed E-state index contributed by atoms with van der Waals surface area (Å²) in [7, 11) is 0. The maximum atomic E-state index is 6.02. The molecule has 0 amide bonds. The van der Waals surface area contributed by atoms with Gasteiger partial charge in [0.2, 0.25) is 0 Å². The van der Waals surface area contributed by atoms with E-state index in [-0.39, 0.29) is 0 Å². The fraction of sp³-hybridized carbons (Fsp3) is 0.692. The molecule has 0 aromatic carbocycles. The van der Waals surface area contributed by atoms with Crippen LogP contribution in [0.4, 0.5) is 0 Å². The molecule has 1 aromatic heterocycles. The maximum Gasteiger partial charge on any atom is 0.0931 e. The molecule has 1 saturated heterocycles. The highest BCUT2D eigenvalue weighted by Crippen LogP contribution is 2.31. The Labute approximate surface area is 113 Å². The van der Waals surface area contributed by atoms with E-state index in [1.165, 1.54) is 50.1 Å². The first-order valence-electron chi connectivity index (χ1n) is 6.50. The third kappa shape index (κ3) is 3.68. The van der Waals surface area contributed by atoms with Crippen LogP contribution in [0.5, 0.6) is 0 Å². The number of halogens is 1. The van der Waals surface area contributed by atoms with Crippen molar-refractivity contribution < 1.29 is 0 Å². The Balaban J connectivity index is 2.05. The predicted molar refractivity (Wildman–Crippen MR) is 75.8 cm³/mol. The minimum Gasteiger partial charge on any atom is -0.329 e. The van der Waals surface area contributed by atoms with Crippen molar-refractivity contribution in [1.82, 2.24) is 4.90 Å².